The van der Waals surface area contributed by atoms with Gasteiger partial charge in [-0.15, -0.1) is 0 Å². The Labute approximate surface area is 203 Å². The molecule has 0 radical (unpaired) electrons. The van der Waals surface area contributed by atoms with Gasteiger partial charge in [-0.25, -0.2) is 9.97 Å². The van der Waals surface area contributed by atoms with Crippen molar-refractivity contribution in [3.63, 3.8) is 0 Å². The number of pyridine rings is 1. The Hall–Kier alpha value is -3.39. The molecule has 1 saturated heterocycles. The number of ether oxygens (including phenoxy) is 1. The average molecular weight is 471 g/mol. The molecule has 2 unspecified atom stereocenters. The van der Waals surface area contributed by atoms with Gasteiger partial charge in [0.2, 0.25) is 0 Å². The number of benzene rings is 1. The highest BCUT2D eigenvalue weighted by molar-refractivity contribution is 6.00. The molecular weight excluding hydrogens is 440 g/mol. The molecule has 1 aromatic carbocycles. The lowest BCUT2D eigenvalue weighted by Crippen LogP contribution is -2.42. The molecule has 180 valence electrons. The maximum absolute atomic E-state index is 13.3. The Balaban J connectivity index is 1.31. The van der Waals surface area contributed by atoms with E-state index in [9.17, 15) is 4.79 Å². The molecular formula is C27H30N6O2. The molecule has 3 atom stereocenters. The third kappa shape index (κ3) is 3.34. The zero-order chi connectivity index (χ0) is 23.7. The number of carbonyl (C=O) groups excluding carboxylic acids is 1. The molecule has 3 aliphatic rings. The highest BCUT2D eigenvalue weighted by Crippen LogP contribution is 2.37. The molecule has 1 aliphatic heterocycles. The molecule has 35 heavy (non-hydrogen) atoms. The van der Waals surface area contributed by atoms with Crippen LogP contribution in [-0.4, -0.2) is 50.7 Å². The summed E-state index contributed by atoms with van der Waals surface area (Å²) in [5, 5.41) is 7.91. The number of nitrogens with zero attached hydrogens (tertiary/aromatic N) is 4. The Morgan fingerprint density at radius 1 is 1.23 bits per heavy atom. The molecule has 8 heteroatoms. The Morgan fingerprint density at radius 3 is 2.83 bits per heavy atom. The van der Waals surface area contributed by atoms with Gasteiger partial charge in [-0.05, 0) is 67.9 Å². The minimum absolute atomic E-state index is 0.0601. The van der Waals surface area contributed by atoms with Crippen molar-refractivity contribution < 1.29 is 9.53 Å². The summed E-state index contributed by atoms with van der Waals surface area (Å²) < 4.78 is 10.1. The van der Waals surface area contributed by atoms with Crippen molar-refractivity contribution in [2.24, 2.45) is 18.9 Å². The lowest BCUT2D eigenvalue weighted by atomic mass is 10.1. The third-order valence-corrected chi connectivity index (χ3v) is 8.17. The van der Waals surface area contributed by atoms with Crippen molar-refractivity contribution in [3.8, 4) is 17.3 Å². The molecule has 4 heterocycles. The van der Waals surface area contributed by atoms with Crippen LogP contribution in [0.25, 0.3) is 33.6 Å². The number of imidazole rings is 1. The smallest absolute Gasteiger partial charge is 0.251 e. The molecule has 2 bridgehead atoms. The van der Waals surface area contributed by atoms with Gasteiger partial charge in [0.25, 0.3) is 5.91 Å². The molecule has 2 aliphatic carbocycles. The van der Waals surface area contributed by atoms with Gasteiger partial charge in [0.05, 0.1) is 18.3 Å². The molecule has 8 nitrogen and oxygen atoms in total. The summed E-state index contributed by atoms with van der Waals surface area (Å²) in [4.78, 5) is 23.0. The zero-order valence-corrected chi connectivity index (χ0v) is 20.1. The second kappa shape index (κ2) is 7.81. The van der Waals surface area contributed by atoms with Crippen LogP contribution in [0, 0.1) is 11.8 Å². The fourth-order valence-electron chi connectivity index (χ4n) is 6.14. The summed E-state index contributed by atoms with van der Waals surface area (Å²) in [6.45, 7) is 1.94. The van der Waals surface area contributed by atoms with Crippen LogP contribution in [0.5, 0.6) is 5.75 Å². The fraction of sp³-hybridized carbons (Fsp3) is 0.444. The summed E-state index contributed by atoms with van der Waals surface area (Å²) in [7, 11) is 3.67. The Kier molecular flexibility index (Phi) is 4.67. The monoisotopic (exact) mass is 470 g/mol. The molecule has 0 spiro atoms. The van der Waals surface area contributed by atoms with Crippen molar-refractivity contribution in [1.82, 2.24) is 29.7 Å². The topological polar surface area (TPSA) is 86.0 Å². The maximum atomic E-state index is 13.3. The first kappa shape index (κ1) is 20.9. The maximum Gasteiger partial charge on any atom is 0.251 e. The quantitative estimate of drug-likeness (QED) is 0.451. The van der Waals surface area contributed by atoms with Crippen LogP contribution in [0.1, 0.15) is 36.0 Å². The Bertz CT molecular complexity index is 1450. The van der Waals surface area contributed by atoms with E-state index < -0.39 is 0 Å². The van der Waals surface area contributed by atoms with Crippen LogP contribution in [0.15, 0.2) is 36.5 Å². The van der Waals surface area contributed by atoms with Crippen LogP contribution in [0.4, 0.5) is 0 Å². The number of piperidine rings is 1. The summed E-state index contributed by atoms with van der Waals surface area (Å²) in [6.07, 6.45) is 6.69. The highest BCUT2D eigenvalue weighted by Gasteiger charge is 2.42. The number of aryl methyl sites for hydroxylation is 1. The SMILES string of the molecule is COc1cc(C(=O)NC2C3CC[C@H]2NC3)cc2nc(-c3cc4cccnc4n3CC3CC3)n(C)c12. The van der Waals surface area contributed by atoms with E-state index in [1.54, 1.807) is 7.11 Å². The first-order valence-electron chi connectivity index (χ1n) is 12.6. The molecule has 4 aromatic rings. The van der Waals surface area contributed by atoms with Gasteiger partial charge in [-0.2, -0.15) is 0 Å². The van der Waals surface area contributed by atoms with Crippen LogP contribution >= 0.6 is 0 Å². The van der Waals surface area contributed by atoms with Crippen molar-refractivity contribution in [2.75, 3.05) is 13.7 Å². The summed E-state index contributed by atoms with van der Waals surface area (Å²) in [5.41, 5.74) is 4.28. The zero-order valence-electron chi connectivity index (χ0n) is 20.1. The van der Waals surface area contributed by atoms with E-state index in [0.29, 0.717) is 29.2 Å². The first-order chi connectivity index (χ1) is 17.1. The van der Waals surface area contributed by atoms with Crippen LogP contribution in [0.3, 0.4) is 0 Å². The van der Waals surface area contributed by atoms with E-state index in [-0.39, 0.29) is 11.9 Å². The third-order valence-electron chi connectivity index (χ3n) is 8.17. The van der Waals surface area contributed by atoms with Crippen molar-refractivity contribution in [1.29, 1.82) is 0 Å². The molecule has 3 fully saturated rings. The second-order valence-corrected chi connectivity index (χ2v) is 10.4. The van der Waals surface area contributed by atoms with Gasteiger partial charge in [0.15, 0.2) is 5.82 Å². The number of nitrogens with one attached hydrogen (secondary N) is 2. The van der Waals surface area contributed by atoms with E-state index in [4.69, 9.17) is 9.72 Å². The Morgan fingerprint density at radius 2 is 2.11 bits per heavy atom. The minimum atomic E-state index is -0.0601. The van der Waals surface area contributed by atoms with Gasteiger partial charge in [0.1, 0.15) is 16.9 Å². The summed E-state index contributed by atoms with van der Waals surface area (Å²) in [5.74, 6) is 2.68. The van der Waals surface area contributed by atoms with Crippen LogP contribution in [0.2, 0.25) is 0 Å². The molecule has 3 aromatic heterocycles. The summed E-state index contributed by atoms with van der Waals surface area (Å²) in [6, 6.07) is 10.6. The number of rotatable bonds is 6. The van der Waals surface area contributed by atoms with Gasteiger partial charge in [0, 0.05) is 49.4 Å². The number of hydrogen-bond donors (Lipinski definition) is 2. The van der Waals surface area contributed by atoms with Crippen LogP contribution in [-0.2, 0) is 13.6 Å². The van der Waals surface area contributed by atoms with Crippen LogP contribution < -0.4 is 15.4 Å². The largest absolute Gasteiger partial charge is 0.494 e. The molecule has 2 saturated carbocycles. The van der Waals surface area contributed by atoms with E-state index >= 15 is 0 Å². The number of aromatic nitrogens is 4. The van der Waals surface area contributed by atoms with E-state index in [1.165, 1.54) is 19.3 Å². The normalized spacial score (nSPS) is 23.4. The number of hydrogen-bond acceptors (Lipinski definition) is 5. The van der Waals surface area contributed by atoms with Crippen molar-refractivity contribution >= 4 is 28.0 Å². The predicted octanol–water partition coefficient (Wildman–Crippen LogP) is 3.49. The number of fused-ring (bicyclic) bond motifs is 4. The van der Waals surface area contributed by atoms with Gasteiger partial charge in [-0.1, -0.05) is 0 Å². The standard InChI is InChI=1S/C27H30N6O2/c1-32-24-20(10-18(12-22(24)35-2)27(34)31-23-17-7-8-19(23)29-13-17)30-26(32)21-11-16-4-3-9-28-25(16)33(21)14-15-5-6-15/h3-4,9-12,15,17,19,23,29H,5-8,13-14H2,1-2H3,(H,31,34)/t17?,19-,23?/m1/s1. The van der Waals surface area contributed by atoms with Gasteiger partial charge >= 0.3 is 0 Å². The minimum Gasteiger partial charge on any atom is -0.494 e. The number of carbonyl (C=O) groups is 1. The lowest BCUT2D eigenvalue weighted by molar-refractivity contribution is 0.0931. The lowest BCUT2D eigenvalue weighted by Gasteiger charge is -2.17. The molecule has 7 rings (SSSR count). The van der Waals surface area contributed by atoms with E-state index in [1.807, 2.05) is 31.4 Å². The van der Waals surface area contributed by atoms with Gasteiger partial charge in [-0.3, -0.25) is 4.79 Å². The number of methoxy groups -OCH3 is 1. The fourth-order valence-corrected chi connectivity index (χ4v) is 6.14. The molecule has 1 amide bonds. The highest BCUT2D eigenvalue weighted by atomic mass is 16.5. The number of amides is 1. The van der Waals surface area contributed by atoms with Crippen molar-refractivity contribution in [3.05, 3.63) is 42.1 Å². The first-order valence-corrected chi connectivity index (χ1v) is 12.6. The van der Waals surface area contributed by atoms with E-state index in [0.717, 1.165) is 53.1 Å². The molecule has 2 N–H and O–H groups in total. The second-order valence-electron chi connectivity index (χ2n) is 10.4. The van der Waals surface area contributed by atoms with Crippen molar-refractivity contribution in [2.45, 2.75) is 44.3 Å². The average Bonchev–Trinajstić information content (AvgIpc) is 3.18. The predicted molar refractivity (Wildman–Crippen MR) is 134 cm³/mol. The van der Waals surface area contributed by atoms with Gasteiger partial charge < -0.3 is 24.5 Å². The summed E-state index contributed by atoms with van der Waals surface area (Å²) >= 11 is 0. The van der Waals surface area contributed by atoms with E-state index in [2.05, 4.69) is 36.9 Å².